The summed E-state index contributed by atoms with van der Waals surface area (Å²) in [6.07, 6.45) is 3.53. The molecule has 1 aromatic heterocycles. The third-order valence-corrected chi connectivity index (χ3v) is 6.08. The fourth-order valence-corrected chi connectivity index (χ4v) is 4.00. The van der Waals surface area contributed by atoms with Crippen LogP contribution in [0.3, 0.4) is 0 Å². The third-order valence-electron chi connectivity index (χ3n) is 4.76. The van der Waals surface area contributed by atoms with E-state index in [2.05, 4.69) is 4.98 Å². The second kappa shape index (κ2) is 11.0. The van der Waals surface area contributed by atoms with Gasteiger partial charge in [0.25, 0.3) is 10.1 Å². The first kappa shape index (κ1) is 25.9. The number of pyridine rings is 1. The fourth-order valence-electron chi connectivity index (χ4n) is 3.06. The SMILES string of the molecule is Cc1ccc(S(=O)(=O)OCCCCCCC(F)(C(=O)OC(C)(C)C)c2ccccn2)cc1. The molecule has 0 aliphatic heterocycles. The zero-order valence-electron chi connectivity index (χ0n) is 19.1. The van der Waals surface area contributed by atoms with Crippen molar-refractivity contribution in [2.45, 2.75) is 76.0 Å². The van der Waals surface area contributed by atoms with Crippen LogP contribution >= 0.6 is 0 Å². The average Bonchev–Trinajstić information content (AvgIpc) is 2.72. The largest absolute Gasteiger partial charge is 0.457 e. The Labute approximate surface area is 190 Å². The Morgan fingerprint density at radius 1 is 1.00 bits per heavy atom. The molecule has 0 aliphatic rings. The van der Waals surface area contributed by atoms with Crippen LogP contribution in [0.25, 0.3) is 0 Å². The number of nitrogens with zero attached hydrogens (tertiary/aromatic N) is 1. The van der Waals surface area contributed by atoms with Crippen LogP contribution in [0, 0.1) is 6.92 Å². The van der Waals surface area contributed by atoms with E-state index < -0.39 is 27.4 Å². The number of benzene rings is 1. The first-order valence-corrected chi connectivity index (χ1v) is 12.1. The molecule has 0 fully saturated rings. The van der Waals surface area contributed by atoms with Gasteiger partial charge in [0.15, 0.2) is 0 Å². The van der Waals surface area contributed by atoms with Gasteiger partial charge in [-0.1, -0.05) is 36.6 Å². The highest BCUT2D eigenvalue weighted by atomic mass is 32.2. The monoisotopic (exact) mass is 465 g/mol. The van der Waals surface area contributed by atoms with Gasteiger partial charge in [-0.15, -0.1) is 0 Å². The van der Waals surface area contributed by atoms with Gasteiger partial charge in [-0.05, 0) is 71.2 Å². The highest BCUT2D eigenvalue weighted by Crippen LogP contribution is 2.33. The molecule has 8 heteroatoms. The van der Waals surface area contributed by atoms with E-state index in [9.17, 15) is 13.2 Å². The van der Waals surface area contributed by atoms with E-state index in [4.69, 9.17) is 8.92 Å². The summed E-state index contributed by atoms with van der Waals surface area (Å²) in [6, 6.07) is 11.2. The van der Waals surface area contributed by atoms with Gasteiger partial charge in [0.2, 0.25) is 5.67 Å². The van der Waals surface area contributed by atoms with Crippen molar-refractivity contribution >= 4 is 16.1 Å². The lowest BCUT2D eigenvalue weighted by atomic mass is 9.93. The molecule has 1 unspecified atom stereocenters. The number of hydrogen-bond acceptors (Lipinski definition) is 6. The first-order chi connectivity index (χ1) is 14.9. The van der Waals surface area contributed by atoms with Gasteiger partial charge >= 0.3 is 5.97 Å². The molecule has 1 atom stereocenters. The molecule has 6 nitrogen and oxygen atoms in total. The average molecular weight is 466 g/mol. The summed E-state index contributed by atoms with van der Waals surface area (Å²) in [6.45, 7) is 6.99. The molecular formula is C24H32FNO5S. The minimum atomic E-state index is -3.79. The molecule has 0 saturated heterocycles. The van der Waals surface area contributed by atoms with Crippen molar-refractivity contribution in [3.63, 3.8) is 0 Å². The zero-order chi connectivity index (χ0) is 23.8. The van der Waals surface area contributed by atoms with E-state index in [1.807, 2.05) is 6.92 Å². The van der Waals surface area contributed by atoms with Crippen LogP contribution in [0.4, 0.5) is 4.39 Å². The van der Waals surface area contributed by atoms with Crippen LogP contribution < -0.4 is 0 Å². The van der Waals surface area contributed by atoms with Crippen molar-refractivity contribution in [3.05, 3.63) is 59.9 Å². The van der Waals surface area contributed by atoms with Crippen molar-refractivity contribution in [2.75, 3.05) is 6.61 Å². The number of unbranched alkanes of at least 4 members (excludes halogenated alkanes) is 3. The molecule has 0 saturated carbocycles. The summed E-state index contributed by atoms with van der Waals surface area (Å²) >= 11 is 0. The Kier molecular flexibility index (Phi) is 8.92. The molecule has 32 heavy (non-hydrogen) atoms. The van der Waals surface area contributed by atoms with Gasteiger partial charge in [-0.2, -0.15) is 8.42 Å². The number of rotatable bonds is 11. The maximum atomic E-state index is 15.8. The second-order valence-corrected chi connectivity index (χ2v) is 10.4. The molecular weight excluding hydrogens is 433 g/mol. The van der Waals surface area contributed by atoms with Gasteiger partial charge in [0.05, 0.1) is 17.2 Å². The summed E-state index contributed by atoms with van der Waals surface area (Å²) in [4.78, 5) is 16.7. The number of aryl methyl sites for hydroxylation is 1. The van der Waals surface area contributed by atoms with Crippen molar-refractivity contribution < 1.29 is 26.5 Å². The van der Waals surface area contributed by atoms with Gasteiger partial charge < -0.3 is 4.74 Å². The number of carbonyl (C=O) groups is 1. The van der Waals surface area contributed by atoms with E-state index in [1.54, 1.807) is 45.0 Å². The Morgan fingerprint density at radius 3 is 2.25 bits per heavy atom. The number of alkyl halides is 1. The van der Waals surface area contributed by atoms with E-state index in [0.717, 1.165) is 5.56 Å². The van der Waals surface area contributed by atoms with Crippen LogP contribution in [-0.2, 0) is 29.5 Å². The summed E-state index contributed by atoms with van der Waals surface area (Å²) in [7, 11) is -3.79. The molecule has 0 N–H and O–H groups in total. The fraction of sp³-hybridized carbons (Fsp3) is 0.500. The minimum Gasteiger partial charge on any atom is -0.457 e. The van der Waals surface area contributed by atoms with Crippen LogP contribution in [0.5, 0.6) is 0 Å². The predicted molar refractivity (Wildman–Crippen MR) is 120 cm³/mol. The van der Waals surface area contributed by atoms with E-state index in [-0.39, 0.29) is 23.6 Å². The lowest BCUT2D eigenvalue weighted by molar-refractivity contribution is -0.171. The number of ether oxygens (including phenoxy) is 1. The lowest BCUT2D eigenvalue weighted by Gasteiger charge is -2.28. The summed E-state index contributed by atoms with van der Waals surface area (Å²) in [5.74, 6) is -0.948. The Balaban J connectivity index is 1.84. The van der Waals surface area contributed by atoms with E-state index in [1.165, 1.54) is 24.4 Å². The van der Waals surface area contributed by atoms with Gasteiger partial charge in [-0.25, -0.2) is 9.18 Å². The van der Waals surface area contributed by atoms with Crippen molar-refractivity contribution in [1.29, 1.82) is 0 Å². The quantitative estimate of drug-likeness (QED) is 0.256. The third kappa shape index (κ3) is 7.67. The molecule has 2 rings (SSSR count). The highest BCUT2D eigenvalue weighted by Gasteiger charge is 2.44. The topological polar surface area (TPSA) is 82.6 Å². The lowest BCUT2D eigenvalue weighted by Crippen LogP contribution is -2.38. The number of halogens is 1. The minimum absolute atomic E-state index is 0.0294. The maximum absolute atomic E-state index is 15.8. The van der Waals surface area contributed by atoms with Crippen LogP contribution in [-0.4, -0.2) is 31.6 Å². The molecule has 2 aromatic rings. The second-order valence-electron chi connectivity index (χ2n) is 8.77. The molecule has 0 spiro atoms. The molecule has 1 aromatic carbocycles. The summed E-state index contributed by atoms with van der Waals surface area (Å²) < 4.78 is 50.5. The summed E-state index contributed by atoms with van der Waals surface area (Å²) in [5, 5.41) is 0. The number of carbonyl (C=O) groups excluding carboxylic acids is 1. The first-order valence-electron chi connectivity index (χ1n) is 10.7. The molecule has 0 radical (unpaired) electrons. The number of esters is 1. The Morgan fingerprint density at radius 2 is 1.66 bits per heavy atom. The Bertz CT molecular complexity index is 972. The van der Waals surface area contributed by atoms with Crippen molar-refractivity contribution in [3.8, 4) is 0 Å². The normalized spacial score (nSPS) is 14.0. The smallest absolute Gasteiger partial charge is 0.350 e. The van der Waals surface area contributed by atoms with E-state index in [0.29, 0.717) is 25.7 Å². The highest BCUT2D eigenvalue weighted by molar-refractivity contribution is 7.86. The molecule has 0 bridgehead atoms. The van der Waals surface area contributed by atoms with Gasteiger partial charge in [0, 0.05) is 6.20 Å². The van der Waals surface area contributed by atoms with Gasteiger partial charge in [-0.3, -0.25) is 9.17 Å². The molecule has 0 amide bonds. The maximum Gasteiger partial charge on any atom is 0.350 e. The summed E-state index contributed by atoms with van der Waals surface area (Å²) in [5.41, 5.74) is -2.16. The Hall–Kier alpha value is -2.32. The molecule has 176 valence electrons. The van der Waals surface area contributed by atoms with Crippen LogP contribution in [0.1, 0.15) is 64.1 Å². The predicted octanol–water partition coefficient (Wildman–Crippen LogP) is 5.25. The zero-order valence-corrected chi connectivity index (χ0v) is 20.0. The van der Waals surface area contributed by atoms with Gasteiger partial charge in [0.1, 0.15) is 5.60 Å². The molecule has 1 heterocycles. The number of aromatic nitrogens is 1. The van der Waals surface area contributed by atoms with Crippen LogP contribution in [0.2, 0.25) is 0 Å². The standard InChI is InChI=1S/C24H32FNO5S/c1-19-12-14-20(15-13-19)32(28,29)30-18-10-6-5-8-16-24(25,21-11-7-9-17-26-21)22(27)31-23(2,3)4/h7,9,11-15,17H,5-6,8,10,16,18H2,1-4H3. The van der Waals surface area contributed by atoms with E-state index >= 15 is 4.39 Å². The van der Waals surface area contributed by atoms with Crippen LogP contribution in [0.15, 0.2) is 53.6 Å². The number of hydrogen-bond donors (Lipinski definition) is 0. The van der Waals surface area contributed by atoms with Crippen molar-refractivity contribution in [1.82, 2.24) is 4.98 Å². The molecule has 0 aliphatic carbocycles. The van der Waals surface area contributed by atoms with Crippen molar-refractivity contribution in [2.24, 2.45) is 0 Å².